The summed E-state index contributed by atoms with van der Waals surface area (Å²) in [6.45, 7) is 0. The van der Waals surface area contributed by atoms with Gasteiger partial charge in [0.15, 0.2) is 0 Å². The molecule has 3 aromatic carbocycles. The van der Waals surface area contributed by atoms with Crippen LogP contribution in [0.15, 0.2) is 84.9 Å². The van der Waals surface area contributed by atoms with Gasteiger partial charge in [-0.05, 0) is 24.3 Å². The van der Waals surface area contributed by atoms with Crippen molar-refractivity contribution in [1.29, 1.82) is 0 Å². The molecule has 0 aliphatic carbocycles. The Morgan fingerprint density at radius 2 is 1.42 bits per heavy atom. The van der Waals surface area contributed by atoms with Crippen molar-refractivity contribution in [3.05, 3.63) is 102 Å². The number of aromatic amines is 1. The third kappa shape index (κ3) is 2.90. The molecular weight excluding hydrogens is 416 g/mol. The lowest BCUT2D eigenvalue weighted by atomic mass is 10.1. The number of rotatable bonds is 3. The van der Waals surface area contributed by atoms with Gasteiger partial charge in [-0.25, -0.2) is 4.98 Å². The monoisotopic (exact) mass is 432 g/mol. The summed E-state index contributed by atoms with van der Waals surface area (Å²) in [6.07, 6.45) is 0. The highest BCUT2D eigenvalue weighted by atomic mass is 16.2. The highest BCUT2D eigenvalue weighted by Gasteiger charge is 2.37. The third-order valence-electron chi connectivity index (χ3n) is 5.78. The number of nitrogens with zero attached hydrogens (tertiary/aromatic N) is 2. The van der Waals surface area contributed by atoms with Gasteiger partial charge < -0.3 is 4.98 Å². The maximum Gasteiger partial charge on any atom is 0.288 e. The number of fused-ring (bicyclic) bond motifs is 4. The maximum atomic E-state index is 13.2. The van der Waals surface area contributed by atoms with Crippen molar-refractivity contribution in [3.63, 3.8) is 0 Å². The number of imide groups is 1. The van der Waals surface area contributed by atoms with Crippen molar-refractivity contribution in [1.82, 2.24) is 20.4 Å². The highest BCUT2D eigenvalue weighted by molar-refractivity contribution is 6.22. The Balaban J connectivity index is 1.46. The van der Waals surface area contributed by atoms with Crippen molar-refractivity contribution in [2.45, 2.75) is 0 Å². The minimum Gasteiger partial charge on any atom is -0.353 e. The van der Waals surface area contributed by atoms with Gasteiger partial charge >= 0.3 is 0 Å². The number of aromatic nitrogens is 2. The van der Waals surface area contributed by atoms with Crippen LogP contribution in [0.1, 0.15) is 31.2 Å². The van der Waals surface area contributed by atoms with E-state index in [1.165, 1.54) is 0 Å². The second-order valence-corrected chi connectivity index (χ2v) is 7.75. The van der Waals surface area contributed by atoms with Gasteiger partial charge in [0, 0.05) is 21.9 Å². The molecule has 7 nitrogen and oxygen atoms in total. The summed E-state index contributed by atoms with van der Waals surface area (Å²) >= 11 is 0. The predicted octanol–water partition coefficient (Wildman–Crippen LogP) is 4.32. The molecule has 1 aliphatic heterocycles. The van der Waals surface area contributed by atoms with E-state index < -0.39 is 17.7 Å². The molecule has 0 unspecified atom stereocenters. The molecule has 33 heavy (non-hydrogen) atoms. The molecule has 7 heteroatoms. The normalized spacial score (nSPS) is 13.0. The van der Waals surface area contributed by atoms with E-state index in [1.807, 2.05) is 54.6 Å². The van der Waals surface area contributed by atoms with Crippen LogP contribution in [-0.4, -0.2) is 32.7 Å². The molecule has 158 valence electrons. The van der Waals surface area contributed by atoms with Crippen LogP contribution in [0.5, 0.6) is 0 Å². The lowest BCUT2D eigenvalue weighted by Crippen LogP contribution is -2.46. The molecule has 0 fully saturated rings. The summed E-state index contributed by atoms with van der Waals surface area (Å²) in [6, 6.07) is 25.5. The van der Waals surface area contributed by atoms with Crippen LogP contribution >= 0.6 is 0 Å². The smallest absolute Gasteiger partial charge is 0.288 e. The molecule has 3 heterocycles. The van der Waals surface area contributed by atoms with Gasteiger partial charge in [0.2, 0.25) is 0 Å². The average molecular weight is 432 g/mol. The van der Waals surface area contributed by atoms with E-state index in [0.29, 0.717) is 5.69 Å². The molecular formula is C26H16N4O3. The van der Waals surface area contributed by atoms with E-state index in [4.69, 9.17) is 0 Å². The number of hydrogen-bond donors (Lipinski definition) is 2. The SMILES string of the molecule is O=C(NN1C(=O)c2ccccc2C1=O)c1cc2c([nH]c3ccccc32)c(-c2ccccc2)n1. The molecule has 5 aromatic rings. The fourth-order valence-corrected chi connectivity index (χ4v) is 4.22. The quantitative estimate of drug-likeness (QED) is 0.415. The molecule has 6 rings (SSSR count). The van der Waals surface area contributed by atoms with Gasteiger partial charge in [0.25, 0.3) is 17.7 Å². The zero-order valence-corrected chi connectivity index (χ0v) is 17.2. The van der Waals surface area contributed by atoms with Gasteiger partial charge in [-0.3, -0.25) is 19.8 Å². The molecule has 0 spiro atoms. The summed E-state index contributed by atoms with van der Waals surface area (Å²) in [5.41, 5.74) is 6.23. The number of para-hydroxylation sites is 1. The van der Waals surface area contributed by atoms with Gasteiger partial charge in [0.1, 0.15) is 5.69 Å². The first-order chi connectivity index (χ1) is 16.1. The van der Waals surface area contributed by atoms with Crippen LogP contribution in [0, 0.1) is 0 Å². The predicted molar refractivity (Wildman–Crippen MR) is 123 cm³/mol. The summed E-state index contributed by atoms with van der Waals surface area (Å²) in [5, 5.41) is 2.52. The van der Waals surface area contributed by atoms with Gasteiger partial charge in [-0.2, -0.15) is 5.01 Å². The number of amides is 3. The van der Waals surface area contributed by atoms with E-state index in [0.717, 1.165) is 32.4 Å². The average Bonchev–Trinajstić information content (AvgIpc) is 3.35. The standard InChI is InChI=1S/C26H16N4O3/c31-24(29-30-25(32)17-11-4-5-12-18(17)26(30)33)21-14-19-16-10-6-7-13-20(16)27-23(19)22(28-21)15-8-2-1-3-9-15/h1-14,27H,(H,29,31). The van der Waals surface area contributed by atoms with Crippen molar-refractivity contribution in [2.24, 2.45) is 0 Å². The second kappa shape index (κ2) is 7.13. The lowest BCUT2D eigenvalue weighted by molar-refractivity contribution is 0.0516. The van der Waals surface area contributed by atoms with Crippen molar-refractivity contribution >= 4 is 39.5 Å². The second-order valence-electron chi connectivity index (χ2n) is 7.75. The van der Waals surface area contributed by atoms with Crippen LogP contribution in [0.3, 0.4) is 0 Å². The van der Waals surface area contributed by atoms with E-state index in [9.17, 15) is 14.4 Å². The van der Waals surface area contributed by atoms with Gasteiger partial charge in [-0.1, -0.05) is 60.7 Å². The summed E-state index contributed by atoms with van der Waals surface area (Å²) in [5.74, 6) is -1.78. The fourth-order valence-electron chi connectivity index (χ4n) is 4.22. The summed E-state index contributed by atoms with van der Waals surface area (Å²) in [4.78, 5) is 46.6. The number of benzene rings is 3. The Morgan fingerprint density at radius 3 is 2.15 bits per heavy atom. The van der Waals surface area contributed by atoms with E-state index in [-0.39, 0.29) is 16.8 Å². The Labute approximate surface area is 187 Å². The van der Waals surface area contributed by atoms with Crippen molar-refractivity contribution < 1.29 is 14.4 Å². The first-order valence-corrected chi connectivity index (χ1v) is 10.4. The Hall–Kier alpha value is -4.78. The molecule has 3 amide bonds. The molecule has 0 radical (unpaired) electrons. The van der Waals surface area contributed by atoms with Crippen LogP contribution < -0.4 is 5.43 Å². The molecule has 0 saturated heterocycles. The molecule has 0 atom stereocenters. The minimum atomic E-state index is -0.645. The number of nitrogens with one attached hydrogen (secondary N) is 2. The largest absolute Gasteiger partial charge is 0.353 e. The Kier molecular flexibility index (Phi) is 4.10. The van der Waals surface area contributed by atoms with Crippen molar-refractivity contribution in [2.75, 3.05) is 0 Å². The topological polar surface area (TPSA) is 95.2 Å². The Bertz CT molecular complexity index is 1570. The Morgan fingerprint density at radius 1 is 0.788 bits per heavy atom. The minimum absolute atomic E-state index is 0.0997. The number of carbonyl (C=O) groups excluding carboxylic acids is 3. The number of pyridine rings is 1. The van der Waals surface area contributed by atoms with E-state index in [1.54, 1.807) is 30.3 Å². The number of H-pyrrole nitrogens is 1. The van der Waals surface area contributed by atoms with Crippen molar-refractivity contribution in [3.8, 4) is 11.3 Å². The first-order valence-electron chi connectivity index (χ1n) is 10.4. The van der Waals surface area contributed by atoms with Crippen LogP contribution in [0.2, 0.25) is 0 Å². The van der Waals surface area contributed by atoms with Gasteiger partial charge in [0.05, 0.1) is 22.3 Å². The maximum absolute atomic E-state index is 13.2. The number of hydrogen-bond acceptors (Lipinski definition) is 4. The number of hydrazine groups is 1. The highest BCUT2D eigenvalue weighted by Crippen LogP contribution is 2.32. The number of carbonyl (C=O) groups is 3. The molecule has 2 N–H and O–H groups in total. The fraction of sp³-hybridized carbons (Fsp3) is 0. The van der Waals surface area contributed by atoms with E-state index >= 15 is 0 Å². The van der Waals surface area contributed by atoms with E-state index in [2.05, 4.69) is 15.4 Å². The first kappa shape index (κ1) is 18.9. The van der Waals surface area contributed by atoms with Crippen LogP contribution in [-0.2, 0) is 0 Å². The molecule has 0 bridgehead atoms. The van der Waals surface area contributed by atoms with Gasteiger partial charge in [-0.15, -0.1) is 0 Å². The lowest BCUT2D eigenvalue weighted by Gasteiger charge is -2.15. The molecule has 2 aromatic heterocycles. The third-order valence-corrected chi connectivity index (χ3v) is 5.78. The zero-order valence-electron chi connectivity index (χ0n) is 17.2. The summed E-state index contributed by atoms with van der Waals surface area (Å²) < 4.78 is 0. The molecule has 1 aliphatic rings. The summed E-state index contributed by atoms with van der Waals surface area (Å²) in [7, 11) is 0. The van der Waals surface area contributed by atoms with Crippen LogP contribution in [0.25, 0.3) is 33.1 Å². The van der Waals surface area contributed by atoms with Crippen LogP contribution in [0.4, 0.5) is 0 Å². The molecule has 0 saturated carbocycles. The zero-order chi connectivity index (χ0) is 22.5.